The first-order valence-electron chi connectivity index (χ1n) is 7.23. The summed E-state index contributed by atoms with van der Waals surface area (Å²) in [5.74, 6) is -0.246. The summed E-state index contributed by atoms with van der Waals surface area (Å²) in [6.45, 7) is 3.72. The fraction of sp³-hybridized carbons (Fsp3) is 0.438. The molecule has 1 N–H and O–H groups in total. The second-order valence-corrected chi connectivity index (χ2v) is 5.05. The maximum Gasteiger partial charge on any atom is 0.123 e. The SMILES string of the molecule is COCCN(CCOC)Cc1cc(-c2ccc(F)cc2)n[nH]1. The molecule has 1 heterocycles. The van der Waals surface area contributed by atoms with E-state index in [2.05, 4.69) is 15.1 Å². The van der Waals surface area contributed by atoms with Gasteiger partial charge in [0.15, 0.2) is 0 Å². The second-order valence-electron chi connectivity index (χ2n) is 5.05. The van der Waals surface area contributed by atoms with Gasteiger partial charge in [0.25, 0.3) is 0 Å². The lowest BCUT2D eigenvalue weighted by Crippen LogP contribution is -2.30. The van der Waals surface area contributed by atoms with Crippen LogP contribution < -0.4 is 0 Å². The standard InChI is InChI=1S/C16H22FN3O2/c1-21-9-7-20(8-10-22-2)12-15-11-16(19-18-15)13-3-5-14(17)6-4-13/h3-6,11H,7-10,12H2,1-2H3,(H,18,19). The third-order valence-corrected chi connectivity index (χ3v) is 3.39. The zero-order valence-electron chi connectivity index (χ0n) is 13.0. The number of benzene rings is 1. The molecule has 0 spiro atoms. The molecule has 0 bridgehead atoms. The van der Waals surface area contributed by atoms with Gasteiger partial charge in [0.2, 0.25) is 0 Å². The van der Waals surface area contributed by atoms with E-state index in [0.717, 1.165) is 36.6 Å². The van der Waals surface area contributed by atoms with Crippen LogP contribution in [0.4, 0.5) is 4.39 Å². The predicted molar refractivity (Wildman–Crippen MR) is 83.0 cm³/mol. The van der Waals surface area contributed by atoms with E-state index in [0.29, 0.717) is 13.2 Å². The first-order valence-corrected chi connectivity index (χ1v) is 7.23. The average Bonchev–Trinajstić information content (AvgIpc) is 2.99. The number of nitrogens with zero attached hydrogens (tertiary/aromatic N) is 2. The molecule has 0 atom stereocenters. The topological polar surface area (TPSA) is 50.4 Å². The monoisotopic (exact) mass is 307 g/mol. The van der Waals surface area contributed by atoms with Gasteiger partial charge in [0, 0.05) is 45.1 Å². The minimum atomic E-state index is -0.246. The summed E-state index contributed by atoms with van der Waals surface area (Å²) in [7, 11) is 3.38. The van der Waals surface area contributed by atoms with Crippen molar-refractivity contribution < 1.29 is 13.9 Å². The van der Waals surface area contributed by atoms with Gasteiger partial charge in [0.1, 0.15) is 5.82 Å². The van der Waals surface area contributed by atoms with Gasteiger partial charge in [-0.3, -0.25) is 10.00 Å². The van der Waals surface area contributed by atoms with Crippen LogP contribution in [0.2, 0.25) is 0 Å². The lowest BCUT2D eigenvalue weighted by atomic mass is 10.1. The van der Waals surface area contributed by atoms with Crippen molar-refractivity contribution in [1.82, 2.24) is 15.1 Å². The molecule has 0 aliphatic carbocycles. The highest BCUT2D eigenvalue weighted by atomic mass is 19.1. The number of rotatable bonds is 9. The molecule has 0 radical (unpaired) electrons. The van der Waals surface area contributed by atoms with E-state index in [9.17, 15) is 4.39 Å². The van der Waals surface area contributed by atoms with Crippen LogP contribution in [0.1, 0.15) is 5.69 Å². The lowest BCUT2D eigenvalue weighted by Gasteiger charge is -2.20. The largest absolute Gasteiger partial charge is 0.383 e. The zero-order chi connectivity index (χ0) is 15.8. The molecule has 1 aromatic heterocycles. The highest BCUT2D eigenvalue weighted by Crippen LogP contribution is 2.18. The molecule has 0 unspecified atom stereocenters. The van der Waals surface area contributed by atoms with E-state index in [4.69, 9.17) is 9.47 Å². The quantitative estimate of drug-likeness (QED) is 0.772. The van der Waals surface area contributed by atoms with E-state index < -0.39 is 0 Å². The van der Waals surface area contributed by atoms with Gasteiger partial charge >= 0.3 is 0 Å². The smallest absolute Gasteiger partial charge is 0.123 e. The number of halogens is 1. The fourth-order valence-electron chi connectivity index (χ4n) is 2.16. The number of aromatic amines is 1. The third kappa shape index (κ3) is 4.91. The van der Waals surface area contributed by atoms with Crippen LogP contribution in [0, 0.1) is 5.82 Å². The van der Waals surface area contributed by atoms with Gasteiger partial charge < -0.3 is 9.47 Å². The molecule has 5 nitrogen and oxygen atoms in total. The maximum absolute atomic E-state index is 13.0. The Kier molecular flexibility index (Phi) is 6.51. The fourth-order valence-corrected chi connectivity index (χ4v) is 2.16. The summed E-state index contributed by atoms with van der Waals surface area (Å²) < 4.78 is 23.2. The minimum absolute atomic E-state index is 0.246. The Bertz CT molecular complexity index is 549. The van der Waals surface area contributed by atoms with Crippen LogP contribution in [0.15, 0.2) is 30.3 Å². The zero-order valence-corrected chi connectivity index (χ0v) is 13.0. The first kappa shape index (κ1) is 16.6. The molecule has 6 heteroatoms. The summed E-state index contributed by atoms with van der Waals surface area (Å²) in [5, 5.41) is 7.33. The molecule has 0 amide bonds. The van der Waals surface area contributed by atoms with Crippen molar-refractivity contribution in [1.29, 1.82) is 0 Å². The van der Waals surface area contributed by atoms with E-state index in [-0.39, 0.29) is 5.82 Å². The number of hydrogen-bond acceptors (Lipinski definition) is 4. The summed E-state index contributed by atoms with van der Waals surface area (Å²) in [6, 6.07) is 8.31. The molecule has 0 saturated heterocycles. The van der Waals surface area contributed by atoms with Gasteiger partial charge in [0.05, 0.1) is 18.9 Å². The Morgan fingerprint density at radius 3 is 2.32 bits per heavy atom. The van der Waals surface area contributed by atoms with Gasteiger partial charge in [-0.25, -0.2) is 4.39 Å². The van der Waals surface area contributed by atoms with Crippen molar-refractivity contribution in [2.75, 3.05) is 40.5 Å². The summed E-state index contributed by atoms with van der Waals surface area (Å²) in [6.07, 6.45) is 0. The molecule has 0 saturated carbocycles. The van der Waals surface area contributed by atoms with Crippen molar-refractivity contribution in [3.8, 4) is 11.3 Å². The molecule has 2 aromatic rings. The van der Waals surface area contributed by atoms with E-state index >= 15 is 0 Å². The molecule has 1 aromatic carbocycles. The minimum Gasteiger partial charge on any atom is -0.383 e. The van der Waals surface area contributed by atoms with Crippen LogP contribution in [-0.4, -0.2) is 55.6 Å². The molecular weight excluding hydrogens is 285 g/mol. The molecule has 2 rings (SSSR count). The van der Waals surface area contributed by atoms with E-state index in [1.165, 1.54) is 12.1 Å². The van der Waals surface area contributed by atoms with Gasteiger partial charge in [-0.1, -0.05) is 0 Å². The molecule has 22 heavy (non-hydrogen) atoms. The van der Waals surface area contributed by atoms with Crippen molar-refractivity contribution in [2.45, 2.75) is 6.54 Å². The Hall–Kier alpha value is -1.76. The van der Waals surface area contributed by atoms with Crippen molar-refractivity contribution in [3.05, 3.63) is 41.8 Å². The van der Waals surface area contributed by atoms with Crippen LogP contribution in [0.25, 0.3) is 11.3 Å². The Morgan fingerprint density at radius 1 is 1.09 bits per heavy atom. The van der Waals surface area contributed by atoms with Crippen molar-refractivity contribution in [2.24, 2.45) is 0 Å². The lowest BCUT2D eigenvalue weighted by molar-refractivity contribution is 0.109. The Balaban J connectivity index is 2.00. The highest BCUT2D eigenvalue weighted by Gasteiger charge is 2.09. The number of ether oxygens (including phenoxy) is 2. The Labute approximate surface area is 130 Å². The van der Waals surface area contributed by atoms with Crippen LogP contribution in [0.5, 0.6) is 0 Å². The normalized spacial score (nSPS) is 11.3. The number of H-pyrrole nitrogens is 1. The van der Waals surface area contributed by atoms with Gasteiger partial charge in [-0.2, -0.15) is 5.10 Å². The van der Waals surface area contributed by atoms with Crippen LogP contribution in [-0.2, 0) is 16.0 Å². The van der Waals surface area contributed by atoms with E-state index in [1.54, 1.807) is 26.4 Å². The van der Waals surface area contributed by atoms with Gasteiger partial charge in [-0.15, -0.1) is 0 Å². The van der Waals surface area contributed by atoms with Gasteiger partial charge in [-0.05, 0) is 30.3 Å². The van der Waals surface area contributed by atoms with Crippen molar-refractivity contribution in [3.63, 3.8) is 0 Å². The Morgan fingerprint density at radius 2 is 1.73 bits per heavy atom. The molecular formula is C16H22FN3O2. The predicted octanol–water partition coefficient (Wildman–Crippen LogP) is 2.31. The number of methoxy groups -OCH3 is 2. The average molecular weight is 307 g/mol. The molecule has 0 aliphatic rings. The van der Waals surface area contributed by atoms with E-state index in [1.807, 2.05) is 6.07 Å². The van der Waals surface area contributed by atoms with Crippen molar-refractivity contribution >= 4 is 0 Å². The molecule has 0 aliphatic heterocycles. The maximum atomic E-state index is 13.0. The summed E-state index contributed by atoms with van der Waals surface area (Å²) in [4.78, 5) is 2.23. The number of aromatic nitrogens is 2. The second kappa shape index (κ2) is 8.63. The highest BCUT2D eigenvalue weighted by molar-refractivity contribution is 5.58. The van der Waals surface area contributed by atoms with Crippen LogP contribution >= 0.6 is 0 Å². The molecule has 0 fully saturated rings. The molecule has 120 valence electrons. The number of nitrogens with one attached hydrogen (secondary N) is 1. The van der Waals surface area contributed by atoms with Crippen LogP contribution in [0.3, 0.4) is 0 Å². The third-order valence-electron chi connectivity index (χ3n) is 3.39. The summed E-state index contributed by atoms with van der Waals surface area (Å²) >= 11 is 0. The summed E-state index contributed by atoms with van der Waals surface area (Å²) in [5.41, 5.74) is 2.71. The number of hydrogen-bond donors (Lipinski definition) is 1. The first-order chi connectivity index (χ1) is 10.7.